The number of benzene rings is 1. The molecule has 0 amide bonds. The number of esters is 1. The molecule has 0 aliphatic heterocycles. The second kappa shape index (κ2) is 6.27. The first-order chi connectivity index (χ1) is 10.5. The van der Waals surface area contributed by atoms with Crippen molar-refractivity contribution in [3.05, 3.63) is 46.6 Å². The molecule has 112 valence electrons. The fourth-order valence-electron chi connectivity index (χ4n) is 2.42. The minimum Gasteiger partial charge on any atom is -0.462 e. The van der Waals surface area contributed by atoms with Crippen LogP contribution in [0.2, 0.25) is 0 Å². The van der Waals surface area contributed by atoms with E-state index in [0.29, 0.717) is 16.8 Å². The van der Waals surface area contributed by atoms with E-state index in [9.17, 15) is 10.1 Å². The largest absolute Gasteiger partial charge is 0.462 e. The number of hydrogen-bond acceptors (Lipinski definition) is 5. The molecule has 1 aromatic carbocycles. The monoisotopic (exact) mass is 295 g/mol. The van der Waals surface area contributed by atoms with Crippen molar-refractivity contribution in [1.82, 2.24) is 4.98 Å². The second-order valence-electron chi connectivity index (χ2n) is 4.85. The molecule has 1 aromatic heterocycles. The van der Waals surface area contributed by atoms with Crippen LogP contribution in [0.5, 0.6) is 0 Å². The highest BCUT2D eigenvalue weighted by Crippen LogP contribution is 2.34. The maximum Gasteiger partial charge on any atom is 0.340 e. The summed E-state index contributed by atoms with van der Waals surface area (Å²) >= 11 is 0. The van der Waals surface area contributed by atoms with Crippen molar-refractivity contribution in [2.75, 3.05) is 12.3 Å². The molecule has 0 atom stereocenters. The van der Waals surface area contributed by atoms with Gasteiger partial charge in [-0.15, -0.1) is 0 Å². The molecule has 0 radical (unpaired) electrons. The number of carbonyl (C=O) groups is 1. The first-order valence-corrected chi connectivity index (χ1v) is 6.94. The molecule has 0 saturated carbocycles. The van der Waals surface area contributed by atoms with Crippen LogP contribution in [0.1, 0.15) is 34.1 Å². The number of nitriles is 1. The predicted molar refractivity (Wildman–Crippen MR) is 84.2 cm³/mol. The van der Waals surface area contributed by atoms with Crippen molar-refractivity contribution in [2.45, 2.75) is 20.8 Å². The average molecular weight is 295 g/mol. The van der Waals surface area contributed by atoms with Gasteiger partial charge in [-0.2, -0.15) is 5.26 Å². The highest BCUT2D eigenvalue weighted by molar-refractivity contribution is 6.01. The minimum absolute atomic E-state index is 0.117. The maximum absolute atomic E-state index is 12.3. The zero-order valence-corrected chi connectivity index (χ0v) is 12.8. The van der Waals surface area contributed by atoms with Crippen LogP contribution in [0, 0.1) is 25.2 Å². The van der Waals surface area contributed by atoms with Crippen LogP contribution < -0.4 is 5.73 Å². The van der Waals surface area contributed by atoms with Gasteiger partial charge in [-0.1, -0.05) is 24.3 Å². The lowest BCUT2D eigenvalue weighted by atomic mass is 9.91. The van der Waals surface area contributed by atoms with E-state index in [1.54, 1.807) is 13.8 Å². The molecule has 2 aromatic rings. The Morgan fingerprint density at radius 1 is 1.36 bits per heavy atom. The van der Waals surface area contributed by atoms with E-state index in [0.717, 1.165) is 11.1 Å². The number of rotatable bonds is 3. The molecule has 5 heteroatoms. The Hall–Kier alpha value is -2.87. The Balaban J connectivity index is 2.88. The summed E-state index contributed by atoms with van der Waals surface area (Å²) < 4.78 is 5.12. The highest BCUT2D eigenvalue weighted by Gasteiger charge is 2.24. The number of hydrogen-bond donors (Lipinski definition) is 1. The van der Waals surface area contributed by atoms with Gasteiger partial charge in [0, 0.05) is 5.56 Å². The summed E-state index contributed by atoms with van der Waals surface area (Å²) in [6.45, 7) is 5.58. The number of nitrogens with zero attached hydrogens (tertiary/aromatic N) is 2. The third-order valence-corrected chi connectivity index (χ3v) is 3.41. The Bertz CT molecular complexity index is 776. The first kappa shape index (κ1) is 15.5. The molecular weight excluding hydrogens is 278 g/mol. The number of nitrogen functional groups attached to an aromatic ring is 1. The summed E-state index contributed by atoms with van der Waals surface area (Å²) in [5, 5.41) is 9.46. The minimum atomic E-state index is -0.498. The molecule has 0 aliphatic rings. The normalized spacial score (nSPS) is 10.1. The zero-order chi connectivity index (χ0) is 16.3. The molecule has 0 saturated heterocycles. The van der Waals surface area contributed by atoms with Crippen LogP contribution >= 0.6 is 0 Å². The molecule has 1 heterocycles. The van der Waals surface area contributed by atoms with Gasteiger partial charge in [0.1, 0.15) is 17.5 Å². The number of ether oxygens (including phenoxy) is 1. The number of pyridine rings is 1. The van der Waals surface area contributed by atoms with E-state index in [-0.39, 0.29) is 18.0 Å². The van der Waals surface area contributed by atoms with E-state index in [1.807, 2.05) is 31.2 Å². The van der Waals surface area contributed by atoms with Crippen LogP contribution in [-0.2, 0) is 4.74 Å². The van der Waals surface area contributed by atoms with Crippen LogP contribution in [0.3, 0.4) is 0 Å². The zero-order valence-electron chi connectivity index (χ0n) is 12.8. The van der Waals surface area contributed by atoms with Gasteiger partial charge in [-0.3, -0.25) is 0 Å². The van der Waals surface area contributed by atoms with Gasteiger partial charge in [0.2, 0.25) is 0 Å². The lowest BCUT2D eigenvalue weighted by molar-refractivity contribution is 0.0526. The Morgan fingerprint density at radius 2 is 2.05 bits per heavy atom. The SMILES string of the molecule is CCOC(=O)c1c(C)nc(N)c(C#N)c1-c1ccccc1C. The molecule has 0 spiro atoms. The van der Waals surface area contributed by atoms with E-state index in [4.69, 9.17) is 10.5 Å². The van der Waals surface area contributed by atoms with Crippen LogP contribution in [0.25, 0.3) is 11.1 Å². The van der Waals surface area contributed by atoms with E-state index >= 15 is 0 Å². The van der Waals surface area contributed by atoms with Gasteiger partial charge in [0.15, 0.2) is 0 Å². The Morgan fingerprint density at radius 3 is 2.64 bits per heavy atom. The molecule has 0 fully saturated rings. The lowest BCUT2D eigenvalue weighted by Crippen LogP contribution is -2.13. The lowest BCUT2D eigenvalue weighted by Gasteiger charge is -2.16. The quantitative estimate of drug-likeness (QED) is 0.879. The molecular formula is C17H17N3O2. The van der Waals surface area contributed by atoms with Gasteiger partial charge in [0.25, 0.3) is 0 Å². The second-order valence-corrected chi connectivity index (χ2v) is 4.85. The molecule has 0 aliphatic carbocycles. The topological polar surface area (TPSA) is 89.0 Å². The standard InChI is InChI=1S/C17H17N3O2/c1-4-22-17(21)14-11(3)20-16(19)13(9-18)15(14)12-8-6-5-7-10(12)2/h5-8H,4H2,1-3H3,(H2,19,20). The number of nitrogens with two attached hydrogens (primary N) is 1. The van der Waals surface area contributed by atoms with Gasteiger partial charge in [0.05, 0.1) is 17.9 Å². The van der Waals surface area contributed by atoms with Crippen molar-refractivity contribution in [2.24, 2.45) is 0 Å². The molecule has 2 N–H and O–H groups in total. The number of aryl methyl sites for hydroxylation is 2. The van der Waals surface area contributed by atoms with E-state index < -0.39 is 5.97 Å². The molecule has 0 unspecified atom stereocenters. The summed E-state index contributed by atoms with van der Waals surface area (Å²) in [4.78, 5) is 16.5. The average Bonchev–Trinajstić information content (AvgIpc) is 2.47. The van der Waals surface area contributed by atoms with Crippen LogP contribution in [-0.4, -0.2) is 17.6 Å². The fourth-order valence-corrected chi connectivity index (χ4v) is 2.42. The third kappa shape index (κ3) is 2.63. The van der Waals surface area contributed by atoms with Crippen LogP contribution in [0.4, 0.5) is 5.82 Å². The number of aromatic nitrogens is 1. The first-order valence-electron chi connectivity index (χ1n) is 6.94. The van der Waals surface area contributed by atoms with Gasteiger partial charge >= 0.3 is 5.97 Å². The molecule has 0 bridgehead atoms. The molecule has 2 rings (SSSR count). The van der Waals surface area contributed by atoms with Crippen molar-refractivity contribution in [3.8, 4) is 17.2 Å². The Kier molecular flexibility index (Phi) is 4.42. The van der Waals surface area contributed by atoms with Gasteiger partial charge in [-0.05, 0) is 31.9 Å². The van der Waals surface area contributed by atoms with Crippen molar-refractivity contribution < 1.29 is 9.53 Å². The van der Waals surface area contributed by atoms with Gasteiger partial charge in [-0.25, -0.2) is 9.78 Å². The Labute approximate surface area is 129 Å². The summed E-state index contributed by atoms with van der Waals surface area (Å²) in [6, 6.07) is 9.57. The third-order valence-electron chi connectivity index (χ3n) is 3.41. The number of anilines is 1. The van der Waals surface area contributed by atoms with Crippen LogP contribution in [0.15, 0.2) is 24.3 Å². The summed E-state index contributed by atoms with van der Waals surface area (Å²) in [5.41, 5.74) is 9.03. The summed E-state index contributed by atoms with van der Waals surface area (Å²) in [7, 11) is 0. The summed E-state index contributed by atoms with van der Waals surface area (Å²) in [6.07, 6.45) is 0. The summed E-state index contributed by atoms with van der Waals surface area (Å²) in [5.74, 6) is -0.381. The van der Waals surface area contributed by atoms with E-state index in [1.165, 1.54) is 0 Å². The predicted octanol–water partition coefficient (Wildman–Crippen LogP) is 3.00. The van der Waals surface area contributed by atoms with Crippen molar-refractivity contribution in [1.29, 1.82) is 5.26 Å². The van der Waals surface area contributed by atoms with Gasteiger partial charge < -0.3 is 10.5 Å². The van der Waals surface area contributed by atoms with Crippen molar-refractivity contribution in [3.63, 3.8) is 0 Å². The highest BCUT2D eigenvalue weighted by atomic mass is 16.5. The molecule has 5 nitrogen and oxygen atoms in total. The van der Waals surface area contributed by atoms with E-state index in [2.05, 4.69) is 11.1 Å². The smallest absolute Gasteiger partial charge is 0.340 e. The molecule has 22 heavy (non-hydrogen) atoms. The van der Waals surface area contributed by atoms with Crippen molar-refractivity contribution >= 4 is 11.8 Å². The fraction of sp³-hybridized carbons (Fsp3) is 0.235. The number of carbonyl (C=O) groups excluding carboxylic acids is 1. The maximum atomic E-state index is 12.3.